The summed E-state index contributed by atoms with van der Waals surface area (Å²) in [6.07, 6.45) is 5.86. The monoisotopic (exact) mass is 451 g/mol. The normalized spacial score (nSPS) is 21.0. The lowest BCUT2D eigenvalue weighted by Gasteiger charge is -2.37. The van der Waals surface area contributed by atoms with Gasteiger partial charge in [-0.25, -0.2) is 8.42 Å². The number of amides is 1. The van der Waals surface area contributed by atoms with E-state index < -0.39 is 10.0 Å². The number of piperidine rings is 1. The van der Waals surface area contributed by atoms with E-state index in [9.17, 15) is 13.2 Å². The molecule has 1 N–H and O–H groups in total. The standard InChI is InChI=1S/C19H22BrN3O3S/c1-13-4-3-5-14(2)23(13)27(25,26)18-8-6-17(7-9-18)22-19(24)15-10-16(20)12-21-11-15/h6-14H,3-5H2,1-2H3,(H,22,24). The lowest BCUT2D eigenvalue weighted by atomic mass is 10.0. The van der Waals surface area contributed by atoms with Crippen LogP contribution < -0.4 is 5.32 Å². The van der Waals surface area contributed by atoms with Gasteiger partial charge in [-0.2, -0.15) is 4.31 Å². The number of halogens is 1. The van der Waals surface area contributed by atoms with Crippen LogP contribution in [0.25, 0.3) is 0 Å². The maximum atomic E-state index is 13.0. The van der Waals surface area contributed by atoms with Crippen LogP contribution in [0.15, 0.2) is 52.1 Å². The molecule has 144 valence electrons. The third-order valence-electron chi connectivity index (χ3n) is 4.77. The van der Waals surface area contributed by atoms with Gasteiger partial charge in [0, 0.05) is 34.6 Å². The van der Waals surface area contributed by atoms with Crippen molar-refractivity contribution in [1.29, 1.82) is 0 Å². The molecule has 2 unspecified atom stereocenters. The van der Waals surface area contributed by atoms with Gasteiger partial charge >= 0.3 is 0 Å². The summed E-state index contributed by atoms with van der Waals surface area (Å²) < 4.78 is 28.4. The summed E-state index contributed by atoms with van der Waals surface area (Å²) in [4.78, 5) is 16.5. The molecule has 1 aliphatic rings. The fourth-order valence-electron chi connectivity index (χ4n) is 3.44. The minimum atomic E-state index is -3.56. The zero-order valence-electron chi connectivity index (χ0n) is 15.2. The maximum Gasteiger partial charge on any atom is 0.257 e. The van der Waals surface area contributed by atoms with E-state index in [-0.39, 0.29) is 22.9 Å². The van der Waals surface area contributed by atoms with E-state index in [0.717, 1.165) is 19.3 Å². The summed E-state index contributed by atoms with van der Waals surface area (Å²) >= 11 is 3.28. The Hall–Kier alpha value is -1.77. The molecule has 27 heavy (non-hydrogen) atoms. The topological polar surface area (TPSA) is 79.4 Å². The van der Waals surface area contributed by atoms with Crippen LogP contribution >= 0.6 is 15.9 Å². The second-order valence-corrected chi connectivity index (χ2v) is 9.59. The molecule has 2 aromatic rings. The number of hydrogen-bond acceptors (Lipinski definition) is 4. The number of carbonyl (C=O) groups is 1. The van der Waals surface area contributed by atoms with Crippen LogP contribution in [0.5, 0.6) is 0 Å². The van der Waals surface area contributed by atoms with Gasteiger partial charge < -0.3 is 5.32 Å². The molecule has 1 aromatic heterocycles. The number of benzene rings is 1. The quantitative estimate of drug-likeness (QED) is 0.759. The first kappa shape index (κ1) is 20.0. The Labute approximate surface area is 168 Å². The first-order chi connectivity index (χ1) is 12.8. The smallest absolute Gasteiger partial charge is 0.257 e. The molecule has 1 fully saturated rings. The van der Waals surface area contributed by atoms with Crippen molar-refractivity contribution in [3.63, 3.8) is 0 Å². The summed E-state index contributed by atoms with van der Waals surface area (Å²) in [5, 5.41) is 2.75. The molecular weight excluding hydrogens is 430 g/mol. The van der Waals surface area contributed by atoms with Gasteiger partial charge in [-0.15, -0.1) is 0 Å². The first-order valence-corrected chi connectivity index (χ1v) is 11.1. The molecule has 2 atom stereocenters. The Bertz CT molecular complexity index is 921. The van der Waals surface area contributed by atoms with Crippen LogP contribution in [0.2, 0.25) is 0 Å². The van der Waals surface area contributed by atoms with Gasteiger partial charge in [0.1, 0.15) is 0 Å². The summed E-state index contributed by atoms with van der Waals surface area (Å²) in [6, 6.07) is 7.94. The molecule has 3 rings (SSSR count). The van der Waals surface area contributed by atoms with Crippen LogP contribution in [0, 0.1) is 0 Å². The van der Waals surface area contributed by atoms with Crippen molar-refractivity contribution in [2.45, 2.75) is 50.1 Å². The van der Waals surface area contributed by atoms with Crippen LogP contribution in [0.1, 0.15) is 43.5 Å². The summed E-state index contributed by atoms with van der Waals surface area (Å²) in [5.41, 5.74) is 0.940. The van der Waals surface area contributed by atoms with Crippen LogP contribution in [0.4, 0.5) is 5.69 Å². The summed E-state index contributed by atoms with van der Waals surface area (Å²) in [7, 11) is -3.56. The van der Waals surface area contributed by atoms with Gasteiger partial charge in [0.25, 0.3) is 5.91 Å². The third kappa shape index (κ3) is 4.39. The minimum absolute atomic E-state index is 0.0119. The van der Waals surface area contributed by atoms with E-state index in [1.54, 1.807) is 28.7 Å². The van der Waals surface area contributed by atoms with E-state index in [0.29, 0.717) is 15.7 Å². The molecule has 1 saturated heterocycles. The summed E-state index contributed by atoms with van der Waals surface area (Å²) in [6.45, 7) is 3.90. The van der Waals surface area contributed by atoms with Gasteiger partial charge in [-0.1, -0.05) is 6.42 Å². The van der Waals surface area contributed by atoms with E-state index >= 15 is 0 Å². The SMILES string of the molecule is CC1CCCC(C)N1S(=O)(=O)c1ccc(NC(=O)c2cncc(Br)c2)cc1. The molecule has 0 radical (unpaired) electrons. The van der Waals surface area contributed by atoms with Gasteiger partial charge in [0.15, 0.2) is 0 Å². The van der Waals surface area contributed by atoms with Crippen molar-refractivity contribution in [2.75, 3.05) is 5.32 Å². The molecule has 2 heterocycles. The average molecular weight is 452 g/mol. The molecular formula is C19H22BrN3O3S. The van der Waals surface area contributed by atoms with E-state index in [2.05, 4.69) is 26.2 Å². The van der Waals surface area contributed by atoms with Gasteiger partial charge in [0.05, 0.1) is 10.5 Å². The Morgan fingerprint density at radius 1 is 1.15 bits per heavy atom. The molecule has 1 aromatic carbocycles. The zero-order valence-corrected chi connectivity index (χ0v) is 17.6. The highest BCUT2D eigenvalue weighted by Crippen LogP contribution is 2.30. The second kappa shape index (κ2) is 8.08. The number of rotatable bonds is 4. The fourth-order valence-corrected chi connectivity index (χ4v) is 5.69. The Morgan fingerprint density at radius 2 is 1.78 bits per heavy atom. The summed E-state index contributed by atoms with van der Waals surface area (Å²) in [5.74, 6) is -0.308. The Kier molecular flexibility index (Phi) is 5.98. The third-order valence-corrected chi connectivity index (χ3v) is 7.34. The van der Waals surface area contributed by atoms with Crippen molar-refractivity contribution < 1.29 is 13.2 Å². The second-order valence-electron chi connectivity index (χ2n) is 6.83. The van der Waals surface area contributed by atoms with Crippen molar-refractivity contribution in [1.82, 2.24) is 9.29 Å². The van der Waals surface area contributed by atoms with Crippen molar-refractivity contribution >= 4 is 37.5 Å². The van der Waals surface area contributed by atoms with Crippen molar-refractivity contribution in [3.8, 4) is 0 Å². The Balaban J connectivity index is 1.77. The van der Waals surface area contributed by atoms with Crippen LogP contribution in [-0.4, -0.2) is 35.7 Å². The maximum absolute atomic E-state index is 13.0. The number of aromatic nitrogens is 1. The fraction of sp³-hybridized carbons (Fsp3) is 0.368. The number of hydrogen-bond donors (Lipinski definition) is 1. The van der Waals surface area contributed by atoms with E-state index in [1.807, 2.05) is 13.8 Å². The lowest BCUT2D eigenvalue weighted by molar-refractivity contribution is 0.102. The molecule has 6 nitrogen and oxygen atoms in total. The van der Waals surface area contributed by atoms with E-state index in [1.165, 1.54) is 18.3 Å². The molecule has 1 amide bonds. The molecule has 8 heteroatoms. The predicted octanol–water partition coefficient (Wildman–Crippen LogP) is 4.05. The molecule has 0 aliphatic carbocycles. The van der Waals surface area contributed by atoms with Crippen LogP contribution in [-0.2, 0) is 10.0 Å². The minimum Gasteiger partial charge on any atom is -0.322 e. The number of anilines is 1. The number of pyridine rings is 1. The van der Waals surface area contributed by atoms with Crippen LogP contribution in [0.3, 0.4) is 0 Å². The largest absolute Gasteiger partial charge is 0.322 e. The first-order valence-electron chi connectivity index (χ1n) is 8.84. The highest BCUT2D eigenvalue weighted by molar-refractivity contribution is 9.10. The van der Waals surface area contributed by atoms with Gasteiger partial charge in [-0.05, 0) is 73.0 Å². The van der Waals surface area contributed by atoms with Crippen molar-refractivity contribution in [2.24, 2.45) is 0 Å². The number of carbonyl (C=O) groups excluding carboxylic acids is 1. The zero-order chi connectivity index (χ0) is 19.6. The lowest BCUT2D eigenvalue weighted by Crippen LogP contribution is -2.47. The number of nitrogens with zero attached hydrogens (tertiary/aromatic N) is 2. The highest BCUT2D eigenvalue weighted by atomic mass is 79.9. The van der Waals surface area contributed by atoms with Gasteiger partial charge in [0.2, 0.25) is 10.0 Å². The molecule has 0 saturated carbocycles. The highest BCUT2D eigenvalue weighted by Gasteiger charge is 2.35. The number of nitrogens with one attached hydrogen (secondary N) is 1. The average Bonchev–Trinajstić information content (AvgIpc) is 2.62. The Morgan fingerprint density at radius 3 is 2.37 bits per heavy atom. The molecule has 0 bridgehead atoms. The van der Waals surface area contributed by atoms with E-state index in [4.69, 9.17) is 0 Å². The molecule has 1 aliphatic heterocycles. The predicted molar refractivity (Wildman–Crippen MR) is 108 cm³/mol. The molecule has 0 spiro atoms. The van der Waals surface area contributed by atoms with Crippen molar-refractivity contribution in [3.05, 3.63) is 52.8 Å². The van der Waals surface area contributed by atoms with Gasteiger partial charge in [-0.3, -0.25) is 9.78 Å². The number of sulfonamides is 1.